The number of allylic oxidation sites excluding steroid dienone is 4. The van der Waals surface area contributed by atoms with Gasteiger partial charge in [0.15, 0.2) is 12.2 Å². The second kappa shape index (κ2) is 68.1. The van der Waals surface area contributed by atoms with Crippen molar-refractivity contribution in [2.75, 3.05) is 39.6 Å². The Balaban J connectivity index is 5.22. The zero-order chi connectivity index (χ0) is 68.2. The third-order valence-electron chi connectivity index (χ3n) is 16.7. The van der Waals surface area contributed by atoms with E-state index < -0.39 is 97.5 Å². The number of hydrogen-bond donors (Lipinski definition) is 3. The molecule has 0 aliphatic heterocycles. The minimum atomic E-state index is -4.96. The van der Waals surface area contributed by atoms with E-state index in [0.29, 0.717) is 25.7 Å². The van der Waals surface area contributed by atoms with E-state index in [4.69, 9.17) is 37.0 Å². The van der Waals surface area contributed by atoms with E-state index in [0.717, 1.165) is 122 Å². The summed E-state index contributed by atoms with van der Waals surface area (Å²) in [5, 5.41) is 10.6. The van der Waals surface area contributed by atoms with Gasteiger partial charge in [0.2, 0.25) is 0 Å². The Bertz CT molecular complexity index is 1870. The first-order valence-corrected chi connectivity index (χ1v) is 41.1. The molecule has 0 spiro atoms. The third-order valence-corrected chi connectivity index (χ3v) is 18.6. The van der Waals surface area contributed by atoms with Crippen LogP contribution in [0.3, 0.4) is 0 Å². The molecule has 0 aromatic heterocycles. The summed E-state index contributed by atoms with van der Waals surface area (Å²) in [6.07, 6.45) is 60.6. The number of aliphatic hydroxyl groups is 1. The molecule has 0 aromatic rings. The van der Waals surface area contributed by atoms with Crippen LogP contribution in [0.25, 0.3) is 0 Å². The predicted molar refractivity (Wildman–Crippen MR) is 377 cm³/mol. The highest BCUT2D eigenvalue weighted by molar-refractivity contribution is 7.47. The lowest BCUT2D eigenvalue weighted by Crippen LogP contribution is -2.30. The Hall–Kier alpha value is -2.46. The predicted octanol–water partition coefficient (Wildman–Crippen LogP) is 21.4. The maximum Gasteiger partial charge on any atom is 0.472 e. The van der Waals surface area contributed by atoms with Crippen LogP contribution in [-0.2, 0) is 65.4 Å². The molecule has 0 aliphatic rings. The molecule has 0 radical (unpaired) electrons. The van der Waals surface area contributed by atoms with E-state index in [-0.39, 0.29) is 25.7 Å². The van der Waals surface area contributed by atoms with Gasteiger partial charge in [0.25, 0.3) is 0 Å². The summed E-state index contributed by atoms with van der Waals surface area (Å²) in [6, 6.07) is 0. The topological polar surface area (TPSA) is 237 Å². The SMILES string of the molecule is CCCCCC/C=C\C=C/CCCCCCCC(=O)OC[C@H](COP(=O)(O)OC[C@@H](O)COP(=O)(O)OC[C@@H](COC(=O)CCCCCCCCC)OC(=O)CCCCCCCCCCCCCC)OC(=O)CCCCCCCCCCCCCCCCCCCCC. The van der Waals surface area contributed by atoms with Crippen LogP contribution in [0.5, 0.6) is 0 Å². The van der Waals surface area contributed by atoms with Gasteiger partial charge in [0.1, 0.15) is 19.3 Å². The zero-order valence-corrected chi connectivity index (χ0v) is 61.5. The van der Waals surface area contributed by atoms with E-state index in [1.165, 1.54) is 167 Å². The van der Waals surface area contributed by atoms with Crippen LogP contribution in [0.15, 0.2) is 24.3 Å². The Morgan fingerprint density at radius 2 is 0.516 bits per heavy atom. The molecule has 5 atom stereocenters. The molecule has 0 heterocycles. The average molecular weight is 1360 g/mol. The molecule has 0 saturated heterocycles. The van der Waals surface area contributed by atoms with Gasteiger partial charge in [-0.1, -0.05) is 315 Å². The molecule has 0 aliphatic carbocycles. The van der Waals surface area contributed by atoms with Crippen LogP contribution in [0, 0.1) is 0 Å². The summed E-state index contributed by atoms with van der Waals surface area (Å²) in [5.74, 6) is -2.15. The van der Waals surface area contributed by atoms with Crippen molar-refractivity contribution in [2.45, 2.75) is 386 Å². The maximum absolute atomic E-state index is 13.1. The molecule has 0 fully saturated rings. The number of ether oxygens (including phenoxy) is 4. The number of unbranched alkanes of at least 4 members (excludes halogenated alkanes) is 44. The normalized spacial score (nSPS) is 14.1. The lowest BCUT2D eigenvalue weighted by Gasteiger charge is -2.21. The summed E-state index contributed by atoms with van der Waals surface area (Å²) in [4.78, 5) is 72.5. The molecular weight excluding hydrogens is 1220 g/mol. The fourth-order valence-corrected chi connectivity index (χ4v) is 12.4. The first-order valence-electron chi connectivity index (χ1n) is 38.1. The van der Waals surface area contributed by atoms with Gasteiger partial charge in [-0.25, -0.2) is 9.13 Å². The molecule has 19 heteroatoms. The fourth-order valence-electron chi connectivity index (χ4n) is 10.9. The van der Waals surface area contributed by atoms with Crippen LogP contribution >= 0.6 is 15.6 Å². The lowest BCUT2D eigenvalue weighted by atomic mass is 10.0. The summed E-state index contributed by atoms with van der Waals surface area (Å²) >= 11 is 0. The minimum Gasteiger partial charge on any atom is -0.462 e. The van der Waals surface area contributed by atoms with Crippen molar-refractivity contribution in [3.63, 3.8) is 0 Å². The standard InChI is InChI=1S/C74H140O17P2/c1-5-9-13-17-21-24-27-30-32-33-34-35-37-39-42-45-49-53-57-61-74(79)91-70(65-85-72(77)59-55-51-47-43-41-38-36-31-28-25-22-18-14-10-6-2)67-89-93(82,83)87-63-68(75)62-86-92(80,81)88-66-69(64-84-71(76)58-54-50-46-20-16-12-8-4)90-73(78)60-56-52-48-44-40-29-26-23-19-15-11-7-3/h25,28,31,36,68-70,75H,5-24,26-27,29-30,32-35,37-67H2,1-4H3,(H,80,81)(H,82,83)/b28-25-,36-31-/t68-,69+,70+/m0/s1. The third kappa shape index (κ3) is 67.9. The highest BCUT2D eigenvalue weighted by Crippen LogP contribution is 2.45. The Morgan fingerprint density at radius 3 is 0.785 bits per heavy atom. The molecule has 0 rings (SSSR count). The number of aliphatic hydroxyl groups excluding tert-OH is 1. The molecule has 93 heavy (non-hydrogen) atoms. The molecule has 3 N–H and O–H groups in total. The zero-order valence-electron chi connectivity index (χ0n) is 59.7. The van der Waals surface area contributed by atoms with E-state index in [9.17, 15) is 43.2 Å². The van der Waals surface area contributed by atoms with Crippen LogP contribution in [-0.4, -0.2) is 96.7 Å². The van der Waals surface area contributed by atoms with Crippen LogP contribution in [0.4, 0.5) is 0 Å². The Kier molecular flexibility index (Phi) is 66.3. The van der Waals surface area contributed by atoms with Crippen molar-refractivity contribution in [2.24, 2.45) is 0 Å². The Morgan fingerprint density at radius 1 is 0.301 bits per heavy atom. The minimum absolute atomic E-state index is 0.102. The number of phosphoric ester groups is 2. The number of phosphoric acid groups is 2. The second-order valence-electron chi connectivity index (χ2n) is 26.0. The van der Waals surface area contributed by atoms with Gasteiger partial charge in [-0.3, -0.25) is 37.3 Å². The van der Waals surface area contributed by atoms with Gasteiger partial charge in [0.05, 0.1) is 26.4 Å². The number of esters is 4. The van der Waals surface area contributed by atoms with Crippen molar-refractivity contribution < 1.29 is 80.2 Å². The first kappa shape index (κ1) is 90.5. The van der Waals surface area contributed by atoms with Crippen molar-refractivity contribution in [1.29, 1.82) is 0 Å². The van der Waals surface area contributed by atoms with Gasteiger partial charge in [-0.15, -0.1) is 0 Å². The quantitative estimate of drug-likeness (QED) is 0.0169. The summed E-state index contributed by atoms with van der Waals surface area (Å²) in [7, 11) is -9.91. The maximum atomic E-state index is 13.1. The molecule has 548 valence electrons. The van der Waals surface area contributed by atoms with Gasteiger partial charge < -0.3 is 33.8 Å². The van der Waals surface area contributed by atoms with Crippen LogP contribution in [0.1, 0.15) is 368 Å². The van der Waals surface area contributed by atoms with E-state index in [1.54, 1.807) is 0 Å². The van der Waals surface area contributed by atoms with Crippen molar-refractivity contribution >= 4 is 39.5 Å². The average Bonchev–Trinajstić information content (AvgIpc) is 2.66. The largest absolute Gasteiger partial charge is 0.472 e. The van der Waals surface area contributed by atoms with Gasteiger partial charge in [-0.05, 0) is 51.4 Å². The van der Waals surface area contributed by atoms with Gasteiger partial charge in [-0.2, -0.15) is 0 Å². The molecule has 17 nitrogen and oxygen atoms in total. The van der Waals surface area contributed by atoms with Crippen LogP contribution < -0.4 is 0 Å². The van der Waals surface area contributed by atoms with Crippen molar-refractivity contribution in [3.05, 3.63) is 24.3 Å². The second-order valence-corrected chi connectivity index (χ2v) is 28.9. The monoisotopic (exact) mass is 1360 g/mol. The summed E-state index contributed by atoms with van der Waals surface area (Å²) in [6.45, 7) is 4.86. The molecule has 0 saturated carbocycles. The Labute approximate surface area is 567 Å². The van der Waals surface area contributed by atoms with E-state index in [2.05, 4.69) is 52.0 Å². The molecule has 0 bridgehead atoms. The molecule has 0 aromatic carbocycles. The number of rotatable bonds is 73. The summed E-state index contributed by atoms with van der Waals surface area (Å²) in [5.41, 5.74) is 0. The molecular formula is C74H140O17P2. The first-order chi connectivity index (χ1) is 45.2. The number of carbonyl (C=O) groups excluding carboxylic acids is 4. The van der Waals surface area contributed by atoms with Gasteiger partial charge >= 0.3 is 39.5 Å². The smallest absolute Gasteiger partial charge is 0.462 e. The number of carbonyl (C=O) groups is 4. The van der Waals surface area contributed by atoms with E-state index in [1.807, 2.05) is 0 Å². The van der Waals surface area contributed by atoms with Crippen molar-refractivity contribution in [1.82, 2.24) is 0 Å². The number of hydrogen-bond acceptors (Lipinski definition) is 15. The van der Waals surface area contributed by atoms with Crippen LogP contribution in [0.2, 0.25) is 0 Å². The lowest BCUT2D eigenvalue weighted by molar-refractivity contribution is -0.161. The highest BCUT2D eigenvalue weighted by atomic mass is 31.2. The van der Waals surface area contributed by atoms with E-state index >= 15 is 0 Å². The fraction of sp³-hybridized carbons (Fsp3) is 0.892. The highest BCUT2D eigenvalue weighted by Gasteiger charge is 2.30. The molecule has 2 unspecified atom stereocenters. The summed E-state index contributed by atoms with van der Waals surface area (Å²) < 4.78 is 68.3. The molecule has 0 amide bonds. The van der Waals surface area contributed by atoms with Gasteiger partial charge in [0, 0.05) is 25.7 Å². The van der Waals surface area contributed by atoms with Crippen molar-refractivity contribution in [3.8, 4) is 0 Å².